The van der Waals surface area contributed by atoms with Crippen LogP contribution in [0.3, 0.4) is 0 Å². The lowest BCUT2D eigenvalue weighted by Gasteiger charge is -2.32. The van der Waals surface area contributed by atoms with E-state index in [-0.39, 0.29) is 5.57 Å². The molecule has 2 aliphatic rings. The van der Waals surface area contributed by atoms with Crippen molar-refractivity contribution in [3.8, 4) is 11.5 Å². The minimum Gasteiger partial charge on any atom is -0.490 e. The third kappa shape index (κ3) is 4.85. The number of hydrogen-bond acceptors (Lipinski definition) is 6. The topological polar surface area (TPSA) is 71.1 Å². The standard InChI is InChI=1S/C24H23ClO6/c1-2-28-21-14-17(7-10-20(21)29-15-16-5-8-18(25)9-6-16)13-19-22(26)30-24(31-23(19)27)11-3-4-12-24/h5-10,13-14H,2-4,11-12,15H2,1H3. The molecule has 0 amide bonds. The van der Waals surface area contributed by atoms with Gasteiger partial charge in [0.05, 0.1) is 6.61 Å². The van der Waals surface area contributed by atoms with Crippen molar-refractivity contribution in [3.05, 3.63) is 64.2 Å². The molecule has 31 heavy (non-hydrogen) atoms. The predicted molar refractivity (Wildman–Crippen MR) is 115 cm³/mol. The smallest absolute Gasteiger partial charge is 0.348 e. The van der Waals surface area contributed by atoms with Crippen LogP contribution in [0.4, 0.5) is 0 Å². The van der Waals surface area contributed by atoms with E-state index in [9.17, 15) is 9.59 Å². The fourth-order valence-corrected chi connectivity index (χ4v) is 3.82. The lowest BCUT2D eigenvalue weighted by molar-refractivity contribution is -0.232. The summed E-state index contributed by atoms with van der Waals surface area (Å²) in [6, 6.07) is 12.6. The van der Waals surface area contributed by atoms with Crippen LogP contribution >= 0.6 is 11.6 Å². The largest absolute Gasteiger partial charge is 0.490 e. The van der Waals surface area contributed by atoms with Gasteiger partial charge in [-0.3, -0.25) is 0 Å². The van der Waals surface area contributed by atoms with Gasteiger partial charge in [0, 0.05) is 17.9 Å². The van der Waals surface area contributed by atoms with Crippen LogP contribution in [0.15, 0.2) is 48.0 Å². The zero-order valence-electron chi connectivity index (χ0n) is 17.2. The molecule has 6 nitrogen and oxygen atoms in total. The van der Waals surface area contributed by atoms with Crippen LogP contribution in [0.2, 0.25) is 5.02 Å². The second-order valence-corrected chi connectivity index (χ2v) is 7.95. The molecule has 0 bridgehead atoms. The van der Waals surface area contributed by atoms with Gasteiger partial charge < -0.3 is 18.9 Å². The third-order valence-electron chi connectivity index (χ3n) is 5.25. The zero-order chi connectivity index (χ0) is 21.8. The Labute approximate surface area is 185 Å². The van der Waals surface area contributed by atoms with Crippen molar-refractivity contribution in [2.45, 2.75) is 45.0 Å². The first kappa shape index (κ1) is 21.2. The number of benzene rings is 2. The van der Waals surface area contributed by atoms with E-state index < -0.39 is 17.7 Å². The quantitative estimate of drug-likeness (QED) is 0.353. The second kappa shape index (κ2) is 9.02. The van der Waals surface area contributed by atoms with E-state index in [2.05, 4.69) is 0 Å². The van der Waals surface area contributed by atoms with Crippen LogP contribution in [0.1, 0.15) is 43.7 Å². The molecule has 0 radical (unpaired) electrons. The Hall–Kier alpha value is -2.99. The summed E-state index contributed by atoms with van der Waals surface area (Å²) in [6.45, 7) is 2.65. The maximum absolute atomic E-state index is 12.5. The van der Waals surface area contributed by atoms with Crippen LogP contribution in [-0.2, 0) is 25.7 Å². The van der Waals surface area contributed by atoms with Gasteiger partial charge in [0.2, 0.25) is 0 Å². The van der Waals surface area contributed by atoms with Gasteiger partial charge in [0.25, 0.3) is 5.79 Å². The Morgan fingerprint density at radius 3 is 2.29 bits per heavy atom. The molecule has 4 rings (SSSR count). The summed E-state index contributed by atoms with van der Waals surface area (Å²) in [7, 11) is 0. The molecule has 7 heteroatoms. The van der Waals surface area contributed by atoms with Crippen LogP contribution in [0.25, 0.3) is 6.08 Å². The van der Waals surface area contributed by atoms with Crippen LogP contribution < -0.4 is 9.47 Å². The van der Waals surface area contributed by atoms with Crippen LogP contribution in [0.5, 0.6) is 11.5 Å². The Kier molecular flexibility index (Phi) is 6.18. The first-order valence-electron chi connectivity index (χ1n) is 10.3. The molecule has 0 unspecified atom stereocenters. The second-order valence-electron chi connectivity index (χ2n) is 7.51. The summed E-state index contributed by atoms with van der Waals surface area (Å²) in [5.41, 5.74) is 1.44. The van der Waals surface area contributed by atoms with Crippen molar-refractivity contribution in [3.63, 3.8) is 0 Å². The number of halogens is 1. The Morgan fingerprint density at radius 2 is 1.65 bits per heavy atom. The zero-order valence-corrected chi connectivity index (χ0v) is 17.9. The number of hydrogen-bond donors (Lipinski definition) is 0. The van der Waals surface area contributed by atoms with Gasteiger partial charge in [-0.2, -0.15) is 0 Å². The molecule has 0 N–H and O–H groups in total. The molecular weight excluding hydrogens is 420 g/mol. The average Bonchev–Trinajstić information content (AvgIpc) is 3.19. The van der Waals surface area contributed by atoms with Crippen molar-refractivity contribution < 1.29 is 28.5 Å². The fourth-order valence-electron chi connectivity index (χ4n) is 3.70. The Morgan fingerprint density at radius 1 is 0.968 bits per heavy atom. The molecule has 0 atom stereocenters. The van der Waals surface area contributed by atoms with Crippen molar-refractivity contribution in [2.24, 2.45) is 0 Å². The first-order valence-corrected chi connectivity index (χ1v) is 10.7. The van der Waals surface area contributed by atoms with Gasteiger partial charge in [0.1, 0.15) is 12.2 Å². The highest BCUT2D eigenvalue weighted by Gasteiger charge is 2.47. The molecular formula is C24H23ClO6. The summed E-state index contributed by atoms with van der Waals surface area (Å²) < 4.78 is 22.5. The van der Waals surface area contributed by atoms with Gasteiger partial charge in [0.15, 0.2) is 11.5 Å². The highest BCUT2D eigenvalue weighted by Crippen LogP contribution is 2.39. The van der Waals surface area contributed by atoms with Crippen molar-refractivity contribution in [1.82, 2.24) is 0 Å². The molecule has 1 heterocycles. The lowest BCUT2D eigenvalue weighted by Crippen LogP contribution is -2.44. The summed E-state index contributed by atoms with van der Waals surface area (Å²) in [6.07, 6.45) is 4.29. The molecule has 1 aliphatic carbocycles. The minimum atomic E-state index is -1.08. The maximum atomic E-state index is 12.5. The molecule has 1 aliphatic heterocycles. The number of rotatable bonds is 6. The van der Waals surface area contributed by atoms with E-state index in [0.717, 1.165) is 18.4 Å². The molecule has 0 aromatic heterocycles. The number of carbonyl (C=O) groups is 2. The van der Waals surface area contributed by atoms with E-state index in [1.165, 1.54) is 6.08 Å². The average molecular weight is 443 g/mol. The maximum Gasteiger partial charge on any atom is 0.348 e. The molecule has 2 fully saturated rings. The van der Waals surface area contributed by atoms with E-state index in [0.29, 0.717) is 48.1 Å². The highest BCUT2D eigenvalue weighted by atomic mass is 35.5. The monoisotopic (exact) mass is 442 g/mol. The van der Waals surface area contributed by atoms with E-state index in [4.69, 9.17) is 30.5 Å². The van der Waals surface area contributed by atoms with Gasteiger partial charge >= 0.3 is 11.9 Å². The Balaban J connectivity index is 1.52. The normalized spacial score (nSPS) is 17.3. The van der Waals surface area contributed by atoms with Crippen LogP contribution in [0, 0.1) is 0 Å². The highest BCUT2D eigenvalue weighted by molar-refractivity contribution is 6.30. The van der Waals surface area contributed by atoms with Crippen molar-refractivity contribution in [2.75, 3.05) is 6.61 Å². The van der Waals surface area contributed by atoms with E-state index in [1.807, 2.05) is 19.1 Å². The summed E-state index contributed by atoms with van der Waals surface area (Å²) in [5.74, 6) is -1.33. The molecule has 1 saturated carbocycles. The number of esters is 2. The first-order chi connectivity index (χ1) is 15.0. The number of ether oxygens (including phenoxy) is 4. The van der Waals surface area contributed by atoms with E-state index in [1.54, 1.807) is 30.3 Å². The lowest BCUT2D eigenvalue weighted by atomic mass is 10.1. The fraction of sp³-hybridized carbons (Fsp3) is 0.333. The van der Waals surface area contributed by atoms with Gasteiger partial charge in [-0.1, -0.05) is 29.8 Å². The van der Waals surface area contributed by atoms with Gasteiger partial charge in [-0.25, -0.2) is 9.59 Å². The predicted octanol–water partition coefficient (Wildman–Crippen LogP) is 5.07. The third-order valence-corrected chi connectivity index (χ3v) is 5.50. The van der Waals surface area contributed by atoms with Crippen LogP contribution in [-0.4, -0.2) is 24.3 Å². The SMILES string of the molecule is CCOc1cc(C=C2C(=O)OC3(CCCC3)OC2=O)ccc1OCc1ccc(Cl)cc1. The minimum absolute atomic E-state index is 0.130. The van der Waals surface area contributed by atoms with Gasteiger partial charge in [-0.05, 0) is 61.2 Å². The summed E-state index contributed by atoms with van der Waals surface area (Å²) in [5, 5.41) is 0.662. The van der Waals surface area contributed by atoms with E-state index >= 15 is 0 Å². The molecule has 2 aromatic rings. The summed E-state index contributed by atoms with van der Waals surface area (Å²) >= 11 is 5.92. The molecule has 162 valence electrons. The van der Waals surface area contributed by atoms with Crippen molar-refractivity contribution >= 4 is 29.6 Å². The molecule has 1 saturated heterocycles. The van der Waals surface area contributed by atoms with Gasteiger partial charge in [-0.15, -0.1) is 0 Å². The summed E-state index contributed by atoms with van der Waals surface area (Å²) in [4.78, 5) is 24.9. The molecule has 1 spiro atoms. The number of carbonyl (C=O) groups excluding carboxylic acids is 2. The van der Waals surface area contributed by atoms with Crippen molar-refractivity contribution in [1.29, 1.82) is 0 Å². The molecule has 2 aromatic carbocycles. The Bertz CT molecular complexity index is 983.